The maximum Gasteiger partial charge on any atom is 0.308 e. The van der Waals surface area contributed by atoms with E-state index in [1.54, 1.807) is 7.11 Å². The van der Waals surface area contributed by atoms with Crippen LogP contribution in [0.1, 0.15) is 33.1 Å². The van der Waals surface area contributed by atoms with Crippen LogP contribution >= 0.6 is 0 Å². The topological polar surface area (TPSA) is 58.6 Å². The quantitative estimate of drug-likeness (QED) is 0.759. The zero-order valence-electron chi connectivity index (χ0n) is 11.6. The molecule has 0 amide bonds. The third-order valence-electron chi connectivity index (χ3n) is 4.76. The molecular weight excluding hydrogens is 230 g/mol. The Morgan fingerprint density at radius 3 is 2.61 bits per heavy atom. The Morgan fingerprint density at radius 2 is 2.06 bits per heavy atom. The standard InChI is InChI=1S/C14H25NO3/c1-8(2)11(7-18-3)15-13-10-5-4-9(6-10)12(13)14(16)17/h8-13,15H,4-7H2,1-3H3,(H,16,17). The number of fused-ring (bicyclic) bond motifs is 2. The summed E-state index contributed by atoms with van der Waals surface area (Å²) in [6, 6.07) is 0.394. The van der Waals surface area contributed by atoms with Gasteiger partial charge in [-0.3, -0.25) is 4.79 Å². The summed E-state index contributed by atoms with van der Waals surface area (Å²) < 4.78 is 5.24. The van der Waals surface area contributed by atoms with Crippen LogP contribution in [0.25, 0.3) is 0 Å². The van der Waals surface area contributed by atoms with Crippen LogP contribution in [0.3, 0.4) is 0 Å². The van der Waals surface area contributed by atoms with Crippen molar-refractivity contribution >= 4 is 5.97 Å². The molecule has 5 unspecified atom stereocenters. The minimum Gasteiger partial charge on any atom is -0.481 e. The Labute approximate surface area is 109 Å². The minimum absolute atomic E-state index is 0.142. The second-order valence-electron chi connectivity index (χ2n) is 6.20. The van der Waals surface area contributed by atoms with E-state index >= 15 is 0 Å². The highest BCUT2D eigenvalue weighted by molar-refractivity contribution is 5.72. The summed E-state index contributed by atoms with van der Waals surface area (Å²) in [6.07, 6.45) is 3.37. The van der Waals surface area contributed by atoms with Crippen molar-refractivity contribution in [3.63, 3.8) is 0 Å². The van der Waals surface area contributed by atoms with E-state index in [1.165, 1.54) is 6.42 Å². The molecule has 104 valence electrons. The minimum atomic E-state index is -0.625. The van der Waals surface area contributed by atoms with Gasteiger partial charge in [0.15, 0.2) is 0 Å². The van der Waals surface area contributed by atoms with Gasteiger partial charge in [-0.15, -0.1) is 0 Å². The zero-order valence-corrected chi connectivity index (χ0v) is 11.6. The number of rotatable bonds is 6. The second-order valence-corrected chi connectivity index (χ2v) is 6.20. The van der Waals surface area contributed by atoms with Crippen LogP contribution in [-0.2, 0) is 9.53 Å². The number of aliphatic carboxylic acids is 1. The maximum atomic E-state index is 11.4. The first-order valence-electron chi connectivity index (χ1n) is 7.02. The molecule has 2 fully saturated rings. The number of carboxylic acid groups (broad SMARTS) is 1. The van der Waals surface area contributed by atoms with Gasteiger partial charge in [-0.2, -0.15) is 0 Å². The van der Waals surface area contributed by atoms with Crippen LogP contribution in [0.15, 0.2) is 0 Å². The Balaban J connectivity index is 2.04. The summed E-state index contributed by atoms with van der Waals surface area (Å²) in [5.74, 6) is 0.578. The molecule has 2 N–H and O–H groups in total. The summed E-state index contributed by atoms with van der Waals surface area (Å²) in [4.78, 5) is 11.4. The number of ether oxygens (including phenoxy) is 1. The maximum absolute atomic E-state index is 11.4. The first kappa shape index (κ1) is 13.8. The average molecular weight is 255 g/mol. The van der Waals surface area contributed by atoms with Crippen LogP contribution in [0.2, 0.25) is 0 Å². The van der Waals surface area contributed by atoms with Gasteiger partial charge in [-0.1, -0.05) is 13.8 Å². The first-order chi connectivity index (χ1) is 8.54. The molecule has 0 aromatic heterocycles. The Bertz CT molecular complexity index is 305. The van der Waals surface area contributed by atoms with E-state index in [1.807, 2.05) is 0 Å². The zero-order chi connectivity index (χ0) is 13.3. The molecule has 2 aliphatic rings. The summed E-state index contributed by atoms with van der Waals surface area (Å²) >= 11 is 0. The Kier molecular flexibility index (Phi) is 4.28. The molecule has 0 radical (unpaired) electrons. The number of carboxylic acids is 1. The second kappa shape index (κ2) is 5.57. The molecule has 4 heteroatoms. The van der Waals surface area contributed by atoms with E-state index in [4.69, 9.17) is 4.74 Å². The number of nitrogens with one attached hydrogen (secondary N) is 1. The van der Waals surface area contributed by atoms with Gasteiger partial charge >= 0.3 is 5.97 Å². The molecule has 0 aliphatic heterocycles. The molecule has 0 saturated heterocycles. The fourth-order valence-electron chi connectivity index (χ4n) is 3.75. The lowest BCUT2D eigenvalue weighted by atomic mass is 9.83. The van der Waals surface area contributed by atoms with Gasteiger partial charge in [0, 0.05) is 19.2 Å². The number of hydrogen-bond donors (Lipinski definition) is 2. The van der Waals surface area contributed by atoms with Gasteiger partial charge in [0.2, 0.25) is 0 Å². The Hall–Kier alpha value is -0.610. The van der Waals surface area contributed by atoms with E-state index in [-0.39, 0.29) is 18.0 Å². The van der Waals surface area contributed by atoms with Crippen molar-refractivity contribution in [3.05, 3.63) is 0 Å². The lowest BCUT2D eigenvalue weighted by molar-refractivity contribution is -0.144. The molecule has 4 nitrogen and oxygen atoms in total. The van der Waals surface area contributed by atoms with Crippen LogP contribution in [0.5, 0.6) is 0 Å². The molecule has 0 aromatic carbocycles. The van der Waals surface area contributed by atoms with E-state index in [0.717, 1.165) is 12.8 Å². The van der Waals surface area contributed by atoms with E-state index in [9.17, 15) is 9.90 Å². The van der Waals surface area contributed by atoms with Gasteiger partial charge in [0.05, 0.1) is 12.5 Å². The highest BCUT2D eigenvalue weighted by atomic mass is 16.5. The van der Waals surface area contributed by atoms with Gasteiger partial charge in [-0.25, -0.2) is 0 Å². The smallest absolute Gasteiger partial charge is 0.308 e. The molecule has 5 atom stereocenters. The van der Waals surface area contributed by atoms with E-state index in [2.05, 4.69) is 19.2 Å². The van der Waals surface area contributed by atoms with Crippen molar-refractivity contribution in [1.29, 1.82) is 0 Å². The Morgan fingerprint density at radius 1 is 1.39 bits per heavy atom. The van der Waals surface area contributed by atoms with E-state index < -0.39 is 5.97 Å². The molecule has 2 rings (SSSR count). The molecule has 18 heavy (non-hydrogen) atoms. The van der Waals surface area contributed by atoms with Crippen molar-refractivity contribution < 1.29 is 14.6 Å². The third kappa shape index (κ3) is 2.54. The molecule has 0 heterocycles. The monoisotopic (exact) mass is 255 g/mol. The highest BCUT2D eigenvalue weighted by Gasteiger charge is 2.51. The number of carbonyl (C=O) groups is 1. The molecule has 2 saturated carbocycles. The van der Waals surface area contributed by atoms with Gasteiger partial charge in [0.1, 0.15) is 0 Å². The van der Waals surface area contributed by atoms with Crippen LogP contribution < -0.4 is 5.32 Å². The molecular formula is C14H25NO3. The normalized spacial score (nSPS) is 36.2. The van der Waals surface area contributed by atoms with E-state index in [0.29, 0.717) is 24.4 Å². The summed E-state index contributed by atoms with van der Waals surface area (Å²) in [5, 5.41) is 13.0. The van der Waals surface area contributed by atoms with Gasteiger partial charge in [0.25, 0.3) is 0 Å². The van der Waals surface area contributed by atoms with Crippen molar-refractivity contribution in [2.24, 2.45) is 23.7 Å². The largest absolute Gasteiger partial charge is 0.481 e. The average Bonchev–Trinajstić information content (AvgIpc) is 2.88. The highest BCUT2D eigenvalue weighted by Crippen LogP contribution is 2.48. The number of hydrogen-bond acceptors (Lipinski definition) is 3. The fourth-order valence-corrected chi connectivity index (χ4v) is 3.75. The third-order valence-corrected chi connectivity index (χ3v) is 4.76. The van der Waals surface area contributed by atoms with Crippen molar-refractivity contribution in [2.45, 2.75) is 45.2 Å². The molecule has 2 bridgehead atoms. The lowest BCUT2D eigenvalue weighted by Gasteiger charge is -2.34. The SMILES string of the molecule is COCC(NC1C2CCC(C2)C1C(=O)O)C(C)C. The lowest BCUT2D eigenvalue weighted by Crippen LogP contribution is -2.51. The van der Waals surface area contributed by atoms with Gasteiger partial charge < -0.3 is 15.2 Å². The fraction of sp³-hybridized carbons (Fsp3) is 0.929. The van der Waals surface area contributed by atoms with Crippen molar-refractivity contribution in [1.82, 2.24) is 5.32 Å². The van der Waals surface area contributed by atoms with Crippen LogP contribution in [0.4, 0.5) is 0 Å². The molecule has 2 aliphatic carbocycles. The summed E-state index contributed by atoms with van der Waals surface area (Å²) in [7, 11) is 1.70. The summed E-state index contributed by atoms with van der Waals surface area (Å²) in [6.45, 7) is 4.96. The van der Waals surface area contributed by atoms with Crippen molar-refractivity contribution in [2.75, 3.05) is 13.7 Å². The molecule has 0 spiro atoms. The van der Waals surface area contributed by atoms with Gasteiger partial charge in [-0.05, 0) is 37.0 Å². The number of methoxy groups -OCH3 is 1. The van der Waals surface area contributed by atoms with Crippen molar-refractivity contribution in [3.8, 4) is 0 Å². The first-order valence-corrected chi connectivity index (χ1v) is 7.02. The van der Waals surface area contributed by atoms with Crippen LogP contribution in [-0.4, -0.2) is 36.9 Å². The molecule has 0 aromatic rings. The predicted octanol–water partition coefficient (Wildman–Crippen LogP) is 1.75. The van der Waals surface area contributed by atoms with Crippen LogP contribution in [0, 0.1) is 23.7 Å². The summed E-state index contributed by atoms with van der Waals surface area (Å²) in [5.41, 5.74) is 0. The predicted molar refractivity (Wildman–Crippen MR) is 69.4 cm³/mol.